The zero-order chi connectivity index (χ0) is 25.7. The van der Waals surface area contributed by atoms with Gasteiger partial charge in [0, 0.05) is 57.4 Å². The number of hydrogen-bond donors (Lipinski definition) is 1. The van der Waals surface area contributed by atoms with Crippen molar-refractivity contribution in [1.82, 2.24) is 9.80 Å². The molecular formula is C26H32FN3O5. The first-order chi connectivity index (χ1) is 16.6. The molecule has 0 unspecified atom stereocenters. The first-order valence-electron chi connectivity index (χ1n) is 11.5. The molecule has 0 aliphatic carbocycles. The van der Waals surface area contributed by atoms with Crippen LogP contribution in [-0.2, 0) is 9.53 Å². The predicted octanol–water partition coefficient (Wildman–Crippen LogP) is 3.43. The molecule has 1 N–H and O–H groups in total. The molecule has 3 atom stereocenters. The lowest BCUT2D eigenvalue weighted by Crippen LogP contribution is -2.48. The molecule has 0 spiro atoms. The highest BCUT2D eigenvalue weighted by atomic mass is 19.1. The summed E-state index contributed by atoms with van der Waals surface area (Å²) < 4.78 is 25.2. The summed E-state index contributed by atoms with van der Waals surface area (Å²) in [5.74, 6) is -1.08. The highest BCUT2D eigenvalue weighted by Crippen LogP contribution is 2.27. The number of benzene rings is 2. The highest BCUT2D eigenvalue weighted by Gasteiger charge is 2.29. The van der Waals surface area contributed by atoms with Crippen molar-refractivity contribution in [3.05, 3.63) is 59.4 Å². The Morgan fingerprint density at radius 3 is 2.54 bits per heavy atom. The fourth-order valence-corrected chi connectivity index (χ4v) is 4.12. The number of likely N-dealkylation sites (N-methyl/N-ethyl adjacent to an activating group) is 1. The molecule has 0 radical (unpaired) electrons. The number of rotatable bonds is 3. The topological polar surface area (TPSA) is 88.2 Å². The SMILES string of the molecule is CO[C@H]1CN(C)C(=O)c2ccc(NC(=O)c3cccc(F)c3)cc2OC[C@@H](C)N(C(C)=O)C[C@@H]1C. The van der Waals surface area contributed by atoms with Crippen LogP contribution in [0.1, 0.15) is 41.5 Å². The Hall–Kier alpha value is -3.46. The number of carbonyl (C=O) groups excluding carboxylic acids is 3. The third-order valence-electron chi connectivity index (χ3n) is 6.20. The van der Waals surface area contributed by atoms with Gasteiger partial charge < -0.3 is 24.6 Å². The molecule has 3 rings (SSSR count). The molecule has 2 aromatic carbocycles. The van der Waals surface area contributed by atoms with E-state index >= 15 is 0 Å². The van der Waals surface area contributed by atoms with Gasteiger partial charge in [-0.15, -0.1) is 0 Å². The Kier molecular flexibility index (Phi) is 8.45. The quantitative estimate of drug-likeness (QED) is 0.720. The van der Waals surface area contributed by atoms with Crippen LogP contribution in [0.25, 0.3) is 0 Å². The van der Waals surface area contributed by atoms with E-state index in [-0.39, 0.29) is 47.8 Å². The zero-order valence-corrected chi connectivity index (χ0v) is 20.7. The van der Waals surface area contributed by atoms with Gasteiger partial charge in [-0.25, -0.2) is 4.39 Å². The first kappa shape index (κ1) is 26.2. The van der Waals surface area contributed by atoms with Crippen molar-refractivity contribution in [3.8, 4) is 5.75 Å². The summed E-state index contributed by atoms with van der Waals surface area (Å²) in [6.07, 6.45) is -0.272. The lowest BCUT2D eigenvalue weighted by atomic mass is 10.0. The fourth-order valence-electron chi connectivity index (χ4n) is 4.12. The van der Waals surface area contributed by atoms with Crippen LogP contribution in [0.15, 0.2) is 42.5 Å². The van der Waals surface area contributed by atoms with Crippen LogP contribution in [0.2, 0.25) is 0 Å². The Morgan fingerprint density at radius 1 is 1.14 bits per heavy atom. The first-order valence-corrected chi connectivity index (χ1v) is 11.5. The van der Waals surface area contributed by atoms with Crippen LogP contribution in [0, 0.1) is 11.7 Å². The Morgan fingerprint density at radius 2 is 1.89 bits per heavy atom. The van der Waals surface area contributed by atoms with Crippen LogP contribution in [0.5, 0.6) is 5.75 Å². The van der Waals surface area contributed by atoms with Crippen LogP contribution in [-0.4, -0.2) is 73.5 Å². The van der Waals surface area contributed by atoms with E-state index in [0.717, 1.165) is 6.07 Å². The number of ether oxygens (including phenoxy) is 2. The molecule has 1 aliphatic heterocycles. The van der Waals surface area contributed by atoms with Gasteiger partial charge in [0.25, 0.3) is 11.8 Å². The molecule has 2 aromatic rings. The van der Waals surface area contributed by atoms with E-state index in [1.54, 1.807) is 42.2 Å². The highest BCUT2D eigenvalue weighted by molar-refractivity contribution is 6.05. The molecular weight excluding hydrogens is 453 g/mol. The van der Waals surface area contributed by atoms with E-state index in [2.05, 4.69) is 5.32 Å². The van der Waals surface area contributed by atoms with Crippen molar-refractivity contribution < 1.29 is 28.2 Å². The monoisotopic (exact) mass is 485 g/mol. The smallest absolute Gasteiger partial charge is 0.257 e. The maximum atomic E-state index is 13.5. The molecule has 0 saturated heterocycles. The summed E-state index contributed by atoms with van der Waals surface area (Å²) in [4.78, 5) is 41.5. The third-order valence-corrected chi connectivity index (χ3v) is 6.20. The van der Waals surface area contributed by atoms with Crippen molar-refractivity contribution in [2.75, 3.05) is 39.2 Å². The number of carbonyl (C=O) groups is 3. The Balaban J connectivity index is 1.94. The van der Waals surface area contributed by atoms with Crippen LogP contribution in [0.3, 0.4) is 0 Å². The number of nitrogens with zero attached hydrogens (tertiary/aromatic N) is 2. The van der Waals surface area contributed by atoms with Crippen molar-refractivity contribution in [3.63, 3.8) is 0 Å². The van der Waals surface area contributed by atoms with Crippen molar-refractivity contribution >= 4 is 23.4 Å². The second-order valence-corrected chi connectivity index (χ2v) is 8.94. The largest absolute Gasteiger partial charge is 0.491 e. The number of halogens is 1. The summed E-state index contributed by atoms with van der Waals surface area (Å²) in [6.45, 7) is 6.31. The van der Waals surface area contributed by atoms with Crippen molar-refractivity contribution in [2.45, 2.75) is 32.9 Å². The standard InChI is InChI=1S/C26H32FN3O5/c1-16-13-30(18(3)31)17(2)15-35-23-12-21(28-25(32)19-7-6-8-20(27)11-19)9-10-22(23)26(33)29(4)14-24(16)34-5/h6-12,16-17,24H,13-15H2,1-5H3,(H,28,32)/t16-,17+,24-/m0/s1. The number of methoxy groups -OCH3 is 1. The van der Waals surface area contributed by atoms with E-state index in [9.17, 15) is 18.8 Å². The summed E-state index contributed by atoms with van der Waals surface area (Å²) in [6, 6.07) is 9.84. The van der Waals surface area contributed by atoms with Crippen LogP contribution in [0.4, 0.5) is 10.1 Å². The fraction of sp³-hybridized carbons (Fsp3) is 0.423. The third kappa shape index (κ3) is 6.36. The average Bonchev–Trinajstić information content (AvgIpc) is 2.82. The van der Waals surface area contributed by atoms with Gasteiger partial charge in [-0.2, -0.15) is 0 Å². The maximum Gasteiger partial charge on any atom is 0.257 e. The van der Waals surface area contributed by atoms with Crippen LogP contribution < -0.4 is 10.1 Å². The number of nitrogens with one attached hydrogen (secondary N) is 1. The van der Waals surface area contributed by atoms with Gasteiger partial charge in [0.1, 0.15) is 18.2 Å². The summed E-state index contributed by atoms with van der Waals surface area (Å²) in [5.41, 5.74) is 0.876. The maximum absolute atomic E-state index is 13.5. The molecule has 0 bridgehead atoms. The van der Waals surface area contributed by atoms with E-state index in [4.69, 9.17) is 9.47 Å². The predicted molar refractivity (Wildman–Crippen MR) is 130 cm³/mol. The van der Waals surface area contributed by atoms with E-state index in [0.29, 0.717) is 24.3 Å². The molecule has 1 aliphatic rings. The van der Waals surface area contributed by atoms with Gasteiger partial charge in [-0.3, -0.25) is 14.4 Å². The molecule has 3 amide bonds. The van der Waals surface area contributed by atoms with E-state index < -0.39 is 11.7 Å². The van der Waals surface area contributed by atoms with Gasteiger partial charge in [-0.05, 0) is 37.3 Å². The lowest BCUT2D eigenvalue weighted by molar-refractivity contribution is -0.133. The van der Waals surface area contributed by atoms with Crippen LogP contribution >= 0.6 is 0 Å². The van der Waals surface area contributed by atoms with Crippen molar-refractivity contribution in [1.29, 1.82) is 0 Å². The van der Waals surface area contributed by atoms with E-state index in [1.807, 2.05) is 13.8 Å². The minimum atomic E-state index is -0.514. The molecule has 35 heavy (non-hydrogen) atoms. The summed E-state index contributed by atoms with van der Waals surface area (Å²) >= 11 is 0. The molecule has 9 heteroatoms. The lowest BCUT2D eigenvalue weighted by Gasteiger charge is -2.35. The van der Waals surface area contributed by atoms with Crippen molar-refractivity contribution in [2.24, 2.45) is 5.92 Å². The Labute approximate surface area is 205 Å². The van der Waals surface area contributed by atoms with Gasteiger partial charge in [0.15, 0.2) is 0 Å². The molecule has 8 nitrogen and oxygen atoms in total. The molecule has 1 heterocycles. The van der Waals surface area contributed by atoms with Gasteiger partial charge >= 0.3 is 0 Å². The minimum absolute atomic E-state index is 0.0130. The Bertz CT molecular complexity index is 1090. The number of anilines is 1. The van der Waals surface area contributed by atoms with Gasteiger partial charge in [-0.1, -0.05) is 13.0 Å². The summed E-state index contributed by atoms with van der Waals surface area (Å²) in [7, 11) is 3.28. The number of fused-ring (bicyclic) bond motifs is 1. The number of amides is 3. The molecule has 188 valence electrons. The average molecular weight is 486 g/mol. The second kappa shape index (κ2) is 11.3. The van der Waals surface area contributed by atoms with Gasteiger partial charge in [0.05, 0.1) is 17.7 Å². The summed E-state index contributed by atoms with van der Waals surface area (Å²) in [5, 5.41) is 2.71. The second-order valence-electron chi connectivity index (χ2n) is 8.94. The minimum Gasteiger partial charge on any atom is -0.491 e. The normalized spacial score (nSPS) is 21.3. The number of hydrogen-bond acceptors (Lipinski definition) is 5. The molecule has 0 aromatic heterocycles. The zero-order valence-electron chi connectivity index (χ0n) is 20.7. The molecule has 0 fully saturated rings. The molecule has 0 saturated carbocycles. The van der Waals surface area contributed by atoms with E-state index in [1.165, 1.54) is 25.1 Å². The van der Waals surface area contributed by atoms with Gasteiger partial charge in [0.2, 0.25) is 5.91 Å².